The number of amides is 1. The number of hydrogen-bond donors (Lipinski definition) is 0. The third kappa shape index (κ3) is 2.97. The van der Waals surface area contributed by atoms with Crippen LogP contribution < -0.4 is 0 Å². The van der Waals surface area contributed by atoms with Gasteiger partial charge in [0.15, 0.2) is 5.16 Å². The van der Waals surface area contributed by atoms with Crippen LogP contribution in [0, 0.1) is 5.82 Å². The van der Waals surface area contributed by atoms with Crippen molar-refractivity contribution in [2.45, 2.75) is 24.0 Å². The van der Waals surface area contributed by atoms with E-state index < -0.39 is 0 Å². The van der Waals surface area contributed by atoms with Gasteiger partial charge in [-0.1, -0.05) is 23.9 Å². The van der Waals surface area contributed by atoms with Crippen LogP contribution in [0.4, 0.5) is 4.39 Å². The van der Waals surface area contributed by atoms with Gasteiger partial charge in [-0.3, -0.25) is 4.79 Å². The fourth-order valence-electron chi connectivity index (χ4n) is 2.74. The Morgan fingerprint density at radius 2 is 1.95 bits per heavy atom. The number of likely N-dealkylation sites (tertiary alicyclic amines) is 1. The lowest BCUT2D eigenvalue weighted by molar-refractivity contribution is 0.0734. The molecule has 1 fully saturated rings. The average Bonchev–Trinajstić information content (AvgIpc) is 3.04. The summed E-state index contributed by atoms with van der Waals surface area (Å²) >= 11 is 1.44. The van der Waals surface area contributed by atoms with E-state index in [9.17, 15) is 9.18 Å². The van der Waals surface area contributed by atoms with Crippen LogP contribution in [0.3, 0.4) is 0 Å². The van der Waals surface area contributed by atoms with Crippen molar-refractivity contribution in [1.82, 2.24) is 14.9 Å². The summed E-state index contributed by atoms with van der Waals surface area (Å²) in [4.78, 5) is 22.8. The predicted molar refractivity (Wildman–Crippen MR) is 83.2 cm³/mol. The minimum Gasteiger partial charge on any atom is -0.332 e. The Hall–Kier alpha value is -1.95. The van der Waals surface area contributed by atoms with Crippen LogP contribution in [0.1, 0.15) is 34.8 Å². The maximum absolute atomic E-state index is 13.1. The van der Waals surface area contributed by atoms with Crippen LogP contribution in [0.15, 0.2) is 41.8 Å². The Morgan fingerprint density at radius 3 is 2.59 bits per heavy atom. The van der Waals surface area contributed by atoms with Crippen molar-refractivity contribution in [2.24, 2.45) is 0 Å². The molecule has 0 N–H and O–H groups in total. The van der Waals surface area contributed by atoms with Gasteiger partial charge in [-0.05, 0) is 36.8 Å². The Bertz CT molecular complexity index is 660. The van der Waals surface area contributed by atoms with Gasteiger partial charge in [0.05, 0.1) is 11.6 Å². The number of halogens is 1. The van der Waals surface area contributed by atoms with E-state index in [0.29, 0.717) is 17.3 Å². The SMILES string of the molecule is CSc1ncc(C(=O)N2CCCC2c2ccc(F)cc2)cn1. The van der Waals surface area contributed by atoms with E-state index in [0.717, 1.165) is 18.4 Å². The molecule has 0 spiro atoms. The molecule has 22 heavy (non-hydrogen) atoms. The number of rotatable bonds is 3. The summed E-state index contributed by atoms with van der Waals surface area (Å²) in [5.41, 5.74) is 1.46. The summed E-state index contributed by atoms with van der Waals surface area (Å²) in [5, 5.41) is 0.646. The first-order chi connectivity index (χ1) is 10.7. The molecular formula is C16H16FN3OS. The average molecular weight is 317 g/mol. The first-order valence-electron chi connectivity index (χ1n) is 7.11. The molecule has 0 bridgehead atoms. The van der Waals surface area contributed by atoms with Gasteiger partial charge >= 0.3 is 0 Å². The van der Waals surface area contributed by atoms with Gasteiger partial charge in [-0.25, -0.2) is 14.4 Å². The zero-order valence-corrected chi connectivity index (χ0v) is 13.0. The fourth-order valence-corrected chi connectivity index (χ4v) is 3.06. The normalized spacial score (nSPS) is 17.7. The molecule has 114 valence electrons. The summed E-state index contributed by atoms with van der Waals surface area (Å²) < 4.78 is 13.1. The molecule has 4 nitrogen and oxygen atoms in total. The second-order valence-corrected chi connectivity index (χ2v) is 5.94. The van der Waals surface area contributed by atoms with Crippen LogP contribution in [-0.4, -0.2) is 33.6 Å². The van der Waals surface area contributed by atoms with E-state index in [1.807, 2.05) is 11.2 Å². The zero-order chi connectivity index (χ0) is 15.5. The van der Waals surface area contributed by atoms with E-state index in [-0.39, 0.29) is 17.8 Å². The van der Waals surface area contributed by atoms with Crippen molar-refractivity contribution in [3.05, 3.63) is 53.6 Å². The largest absolute Gasteiger partial charge is 0.332 e. The summed E-state index contributed by atoms with van der Waals surface area (Å²) in [6.07, 6.45) is 6.86. The quantitative estimate of drug-likeness (QED) is 0.643. The highest BCUT2D eigenvalue weighted by atomic mass is 32.2. The van der Waals surface area contributed by atoms with Crippen molar-refractivity contribution in [3.63, 3.8) is 0 Å². The molecule has 6 heteroatoms. The molecule has 0 radical (unpaired) electrons. The van der Waals surface area contributed by atoms with Crippen molar-refractivity contribution in [2.75, 3.05) is 12.8 Å². The monoisotopic (exact) mass is 317 g/mol. The molecule has 2 heterocycles. The number of carbonyl (C=O) groups excluding carboxylic acids is 1. The lowest BCUT2D eigenvalue weighted by Crippen LogP contribution is -2.30. The summed E-state index contributed by atoms with van der Waals surface area (Å²) in [6, 6.07) is 6.37. The minimum atomic E-state index is -0.263. The molecule has 0 saturated carbocycles. The van der Waals surface area contributed by atoms with Crippen LogP contribution in [-0.2, 0) is 0 Å². The summed E-state index contributed by atoms with van der Waals surface area (Å²) in [5.74, 6) is -0.333. The molecule has 1 aromatic carbocycles. The Kier molecular flexibility index (Phi) is 4.38. The number of carbonyl (C=O) groups is 1. The molecule has 1 atom stereocenters. The molecule has 1 aliphatic heterocycles. The van der Waals surface area contributed by atoms with E-state index in [4.69, 9.17) is 0 Å². The molecule has 3 rings (SSSR count). The van der Waals surface area contributed by atoms with Crippen molar-refractivity contribution in [1.29, 1.82) is 0 Å². The van der Waals surface area contributed by atoms with Gasteiger partial charge < -0.3 is 4.90 Å². The Balaban J connectivity index is 1.82. The van der Waals surface area contributed by atoms with Crippen molar-refractivity contribution >= 4 is 17.7 Å². The maximum atomic E-state index is 13.1. The molecule has 2 aromatic rings. The van der Waals surface area contributed by atoms with Crippen molar-refractivity contribution < 1.29 is 9.18 Å². The first kappa shape index (κ1) is 15.0. The predicted octanol–water partition coefficient (Wildman–Crippen LogP) is 3.31. The van der Waals surface area contributed by atoms with E-state index >= 15 is 0 Å². The third-order valence-corrected chi connectivity index (χ3v) is 4.40. The third-order valence-electron chi connectivity index (χ3n) is 3.83. The van der Waals surface area contributed by atoms with Crippen LogP contribution in [0.5, 0.6) is 0 Å². The topological polar surface area (TPSA) is 46.1 Å². The van der Waals surface area contributed by atoms with Crippen LogP contribution in [0.25, 0.3) is 0 Å². The fraction of sp³-hybridized carbons (Fsp3) is 0.312. The molecule has 1 aromatic heterocycles. The molecule has 1 unspecified atom stereocenters. The van der Waals surface area contributed by atoms with Gasteiger partial charge in [0.25, 0.3) is 5.91 Å². The summed E-state index contributed by atoms with van der Waals surface area (Å²) in [7, 11) is 0. The molecule has 1 amide bonds. The number of thioether (sulfide) groups is 1. The molecular weight excluding hydrogens is 301 g/mol. The van der Waals surface area contributed by atoms with Gasteiger partial charge in [0.1, 0.15) is 5.82 Å². The number of aromatic nitrogens is 2. The minimum absolute atomic E-state index is 0.00618. The van der Waals surface area contributed by atoms with Gasteiger partial charge in [-0.15, -0.1) is 0 Å². The summed E-state index contributed by atoms with van der Waals surface area (Å²) in [6.45, 7) is 0.700. The zero-order valence-electron chi connectivity index (χ0n) is 12.2. The Labute approximate surface area is 132 Å². The van der Waals surface area contributed by atoms with Crippen LogP contribution >= 0.6 is 11.8 Å². The second kappa shape index (κ2) is 6.44. The second-order valence-electron chi connectivity index (χ2n) is 5.17. The first-order valence-corrected chi connectivity index (χ1v) is 8.34. The molecule has 0 aliphatic carbocycles. The van der Waals surface area contributed by atoms with E-state index in [2.05, 4.69) is 9.97 Å². The standard InChI is InChI=1S/C16H16FN3OS/c1-22-16-18-9-12(10-19-16)15(21)20-8-2-3-14(20)11-4-6-13(17)7-5-11/h4-7,9-10,14H,2-3,8H2,1H3. The van der Waals surface area contributed by atoms with Gasteiger partial charge in [0.2, 0.25) is 0 Å². The smallest absolute Gasteiger partial charge is 0.257 e. The lowest BCUT2D eigenvalue weighted by atomic mass is 10.0. The van der Waals surface area contributed by atoms with Crippen molar-refractivity contribution in [3.8, 4) is 0 Å². The number of nitrogens with zero attached hydrogens (tertiary/aromatic N) is 3. The lowest BCUT2D eigenvalue weighted by Gasteiger charge is -2.25. The number of hydrogen-bond acceptors (Lipinski definition) is 4. The van der Waals surface area contributed by atoms with Gasteiger partial charge in [-0.2, -0.15) is 0 Å². The number of benzene rings is 1. The molecule has 1 aliphatic rings. The highest BCUT2D eigenvalue weighted by Gasteiger charge is 2.30. The van der Waals surface area contributed by atoms with E-state index in [1.165, 1.54) is 23.9 Å². The highest BCUT2D eigenvalue weighted by Crippen LogP contribution is 2.33. The van der Waals surface area contributed by atoms with Gasteiger partial charge in [0, 0.05) is 18.9 Å². The molecule has 1 saturated heterocycles. The van der Waals surface area contributed by atoms with E-state index in [1.54, 1.807) is 24.5 Å². The van der Waals surface area contributed by atoms with Crippen LogP contribution in [0.2, 0.25) is 0 Å². The highest BCUT2D eigenvalue weighted by molar-refractivity contribution is 7.98. The maximum Gasteiger partial charge on any atom is 0.257 e. The Morgan fingerprint density at radius 1 is 1.27 bits per heavy atom.